The van der Waals surface area contributed by atoms with Crippen molar-refractivity contribution in [3.63, 3.8) is 0 Å². The van der Waals surface area contributed by atoms with E-state index < -0.39 is 10.0 Å². The molecule has 3 aromatic rings. The van der Waals surface area contributed by atoms with Crippen molar-refractivity contribution in [2.75, 3.05) is 30.9 Å². The van der Waals surface area contributed by atoms with Crippen molar-refractivity contribution in [3.8, 4) is 11.5 Å². The molecule has 3 aromatic carbocycles. The van der Waals surface area contributed by atoms with E-state index in [1.165, 1.54) is 37.7 Å². The van der Waals surface area contributed by atoms with Crippen LogP contribution in [0.25, 0.3) is 0 Å². The van der Waals surface area contributed by atoms with E-state index >= 15 is 0 Å². The number of ether oxygens (including phenoxy) is 2. The van der Waals surface area contributed by atoms with Crippen molar-refractivity contribution in [2.24, 2.45) is 0 Å². The van der Waals surface area contributed by atoms with Gasteiger partial charge in [-0.25, -0.2) is 8.42 Å². The normalized spacial score (nSPS) is 11.0. The van der Waals surface area contributed by atoms with Crippen LogP contribution < -0.4 is 19.1 Å². The Morgan fingerprint density at radius 3 is 2.26 bits per heavy atom. The minimum Gasteiger partial charge on any atom is -0.497 e. The average molecular weight is 441 g/mol. The summed E-state index contributed by atoms with van der Waals surface area (Å²) in [6.07, 6.45) is 0. The Kier molecular flexibility index (Phi) is 6.50. The average Bonchev–Trinajstić information content (AvgIpc) is 2.79. The maximum atomic E-state index is 13.1. The molecule has 0 aromatic heterocycles. The van der Waals surface area contributed by atoms with Crippen molar-refractivity contribution in [1.82, 2.24) is 0 Å². The topological polar surface area (TPSA) is 84.9 Å². The van der Waals surface area contributed by atoms with Crippen LogP contribution in [-0.4, -0.2) is 35.6 Å². The van der Waals surface area contributed by atoms with Gasteiger partial charge in [-0.1, -0.05) is 18.2 Å². The van der Waals surface area contributed by atoms with E-state index in [2.05, 4.69) is 5.32 Å². The minimum absolute atomic E-state index is 0.124. The summed E-state index contributed by atoms with van der Waals surface area (Å²) >= 11 is 0. The smallest absolute Gasteiger partial charge is 0.264 e. The van der Waals surface area contributed by atoms with Gasteiger partial charge in [0.2, 0.25) is 0 Å². The second kappa shape index (κ2) is 9.09. The van der Waals surface area contributed by atoms with Gasteiger partial charge in [0.15, 0.2) is 0 Å². The summed E-state index contributed by atoms with van der Waals surface area (Å²) in [5, 5.41) is 2.80. The summed E-state index contributed by atoms with van der Waals surface area (Å²) in [4.78, 5) is 12.9. The predicted molar refractivity (Wildman–Crippen MR) is 121 cm³/mol. The van der Waals surface area contributed by atoms with Crippen LogP contribution >= 0.6 is 0 Å². The Hall–Kier alpha value is -3.52. The van der Waals surface area contributed by atoms with E-state index in [9.17, 15) is 13.2 Å². The maximum Gasteiger partial charge on any atom is 0.264 e. The fraction of sp³-hybridized carbons (Fsp3) is 0.174. The second-order valence-electron chi connectivity index (χ2n) is 6.80. The highest BCUT2D eigenvalue weighted by Gasteiger charge is 2.23. The molecule has 0 atom stereocenters. The van der Waals surface area contributed by atoms with Gasteiger partial charge >= 0.3 is 0 Å². The van der Waals surface area contributed by atoms with Crippen molar-refractivity contribution < 1.29 is 22.7 Å². The van der Waals surface area contributed by atoms with E-state index in [0.717, 1.165) is 0 Å². The molecule has 0 radical (unpaired) electrons. The Morgan fingerprint density at radius 1 is 0.935 bits per heavy atom. The van der Waals surface area contributed by atoms with Crippen LogP contribution in [0.3, 0.4) is 0 Å². The molecule has 3 rings (SSSR count). The Labute approximate surface area is 182 Å². The SMILES string of the molecule is COc1ccc(S(=O)(=O)N(C)c2cc(C(=O)Nc3ccccc3OC)ccc2C)cc1. The molecule has 0 spiro atoms. The summed E-state index contributed by atoms with van der Waals surface area (Å²) < 4.78 is 37.7. The third-order valence-corrected chi connectivity index (χ3v) is 6.67. The van der Waals surface area contributed by atoms with E-state index in [-0.39, 0.29) is 10.8 Å². The zero-order valence-electron chi connectivity index (χ0n) is 17.7. The molecule has 0 aliphatic heterocycles. The molecular formula is C23H24N2O5S. The number of carbonyl (C=O) groups is 1. The molecule has 7 nitrogen and oxygen atoms in total. The van der Waals surface area contributed by atoms with Crippen LogP contribution in [0.1, 0.15) is 15.9 Å². The van der Waals surface area contributed by atoms with Crippen molar-refractivity contribution >= 4 is 27.3 Å². The number of amides is 1. The lowest BCUT2D eigenvalue weighted by Crippen LogP contribution is -2.27. The number of hydrogen-bond donors (Lipinski definition) is 1. The molecule has 31 heavy (non-hydrogen) atoms. The van der Waals surface area contributed by atoms with Gasteiger partial charge in [-0.05, 0) is 61.0 Å². The van der Waals surface area contributed by atoms with Gasteiger partial charge in [0.25, 0.3) is 15.9 Å². The van der Waals surface area contributed by atoms with Crippen molar-refractivity contribution in [2.45, 2.75) is 11.8 Å². The fourth-order valence-electron chi connectivity index (χ4n) is 3.07. The monoisotopic (exact) mass is 440 g/mol. The number of aryl methyl sites for hydroxylation is 1. The highest BCUT2D eigenvalue weighted by Crippen LogP contribution is 2.29. The van der Waals surface area contributed by atoms with Crippen LogP contribution in [-0.2, 0) is 10.0 Å². The van der Waals surface area contributed by atoms with Gasteiger partial charge in [0, 0.05) is 12.6 Å². The molecular weight excluding hydrogens is 416 g/mol. The molecule has 0 bridgehead atoms. The predicted octanol–water partition coefficient (Wildman–Crippen LogP) is 4.09. The largest absolute Gasteiger partial charge is 0.497 e. The van der Waals surface area contributed by atoms with Crippen LogP contribution in [0.2, 0.25) is 0 Å². The molecule has 0 heterocycles. The number of nitrogens with zero attached hydrogens (tertiary/aromatic N) is 1. The van der Waals surface area contributed by atoms with Crippen molar-refractivity contribution in [1.29, 1.82) is 0 Å². The molecule has 8 heteroatoms. The number of para-hydroxylation sites is 2. The lowest BCUT2D eigenvalue weighted by Gasteiger charge is -2.22. The zero-order chi connectivity index (χ0) is 22.6. The van der Waals surface area contributed by atoms with E-state index in [0.29, 0.717) is 34.0 Å². The van der Waals surface area contributed by atoms with Crippen LogP contribution in [0.4, 0.5) is 11.4 Å². The Bertz CT molecular complexity index is 1190. The van der Waals surface area contributed by atoms with E-state index in [4.69, 9.17) is 9.47 Å². The lowest BCUT2D eigenvalue weighted by molar-refractivity contribution is 0.102. The number of benzene rings is 3. The first kappa shape index (κ1) is 22.2. The first-order valence-electron chi connectivity index (χ1n) is 9.46. The van der Waals surface area contributed by atoms with Gasteiger partial charge in [-0.3, -0.25) is 9.10 Å². The minimum atomic E-state index is -3.83. The highest BCUT2D eigenvalue weighted by atomic mass is 32.2. The molecule has 0 saturated carbocycles. The van der Waals surface area contributed by atoms with Gasteiger partial charge in [-0.2, -0.15) is 0 Å². The fourth-order valence-corrected chi connectivity index (χ4v) is 4.32. The molecule has 162 valence electrons. The number of methoxy groups -OCH3 is 2. The molecule has 0 unspecified atom stereocenters. The van der Waals surface area contributed by atoms with Crippen molar-refractivity contribution in [3.05, 3.63) is 77.9 Å². The number of hydrogen-bond acceptors (Lipinski definition) is 5. The molecule has 1 amide bonds. The number of rotatable bonds is 7. The van der Waals surface area contributed by atoms with Gasteiger partial charge in [0.1, 0.15) is 11.5 Å². The molecule has 0 aliphatic rings. The highest BCUT2D eigenvalue weighted by molar-refractivity contribution is 7.92. The van der Waals surface area contributed by atoms with E-state index in [1.807, 2.05) is 0 Å². The Morgan fingerprint density at radius 2 is 1.61 bits per heavy atom. The summed E-state index contributed by atoms with van der Waals surface area (Å²) in [7, 11) is 0.673. The van der Waals surface area contributed by atoms with Crippen LogP contribution in [0.5, 0.6) is 11.5 Å². The number of carbonyl (C=O) groups excluding carboxylic acids is 1. The van der Waals surface area contributed by atoms with Gasteiger partial charge in [-0.15, -0.1) is 0 Å². The molecule has 1 N–H and O–H groups in total. The molecule has 0 aliphatic carbocycles. The van der Waals surface area contributed by atoms with Crippen LogP contribution in [0.15, 0.2) is 71.6 Å². The summed E-state index contributed by atoms with van der Waals surface area (Å²) in [6, 6.07) is 18.1. The van der Waals surface area contributed by atoms with Gasteiger partial charge < -0.3 is 14.8 Å². The molecule has 0 saturated heterocycles. The second-order valence-corrected chi connectivity index (χ2v) is 8.77. The van der Waals surface area contributed by atoms with E-state index in [1.54, 1.807) is 61.5 Å². The zero-order valence-corrected chi connectivity index (χ0v) is 18.6. The summed E-state index contributed by atoms with van der Waals surface area (Å²) in [5.41, 5.74) is 1.97. The number of nitrogens with one attached hydrogen (secondary N) is 1. The number of anilines is 2. The number of sulfonamides is 1. The lowest BCUT2D eigenvalue weighted by atomic mass is 10.1. The van der Waals surface area contributed by atoms with Crippen LogP contribution in [0, 0.1) is 6.92 Å². The standard InChI is InChI=1S/C23H24N2O5S/c1-16-9-10-17(23(26)24-20-7-5-6-8-22(20)30-4)15-21(16)25(2)31(27,28)19-13-11-18(29-3)12-14-19/h5-15H,1-4H3,(H,24,26). The third kappa shape index (κ3) is 4.64. The summed E-state index contributed by atoms with van der Waals surface area (Å²) in [5.74, 6) is 0.719. The molecule has 0 fully saturated rings. The third-order valence-electron chi connectivity index (χ3n) is 4.88. The first-order chi connectivity index (χ1) is 14.8. The quantitative estimate of drug-likeness (QED) is 0.598. The Balaban J connectivity index is 1.91. The summed E-state index contributed by atoms with van der Waals surface area (Å²) in [6.45, 7) is 1.79. The maximum absolute atomic E-state index is 13.1. The first-order valence-corrected chi connectivity index (χ1v) is 10.9. The van der Waals surface area contributed by atoms with Gasteiger partial charge in [0.05, 0.1) is 30.5 Å².